The van der Waals surface area contributed by atoms with Crippen molar-refractivity contribution in [3.05, 3.63) is 60.2 Å². The predicted molar refractivity (Wildman–Crippen MR) is 103 cm³/mol. The Morgan fingerprint density at radius 3 is 2.25 bits per heavy atom. The molecule has 0 spiro atoms. The summed E-state index contributed by atoms with van der Waals surface area (Å²) in [6, 6.07) is 14.4. The van der Waals surface area contributed by atoms with Crippen LogP contribution in [0.1, 0.15) is 18.9 Å². The molecule has 0 heterocycles. The van der Waals surface area contributed by atoms with Gasteiger partial charge in [-0.15, -0.1) is 0 Å². The summed E-state index contributed by atoms with van der Waals surface area (Å²) in [5, 5.41) is 13.7. The van der Waals surface area contributed by atoms with Crippen molar-refractivity contribution in [2.75, 3.05) is 0 Å². The largest absolute Gasteiger partial charge is 0.480 e. The fourth-order valence-corrected chi connectivity index (χ4v) is 2.25. The van der Waals surface area contributed by atoms with Gasteiger partial charge in [-0.05, 0) is 36.8 Å². The third kappa shape index (κ3) is 6.73. The summed E-state index contributed by atoms with van der Waals surface area (Å²) in [6.45, 7) is 1.59. The number of aliphatic carboxylic acids is 1. The number of carboxylic acids is 1. The van der Waals surface area contributed by atoms with Crippen molar-refractivity contribution in [2.24, 2.45) is 5.73 Å². The van der Waals surface area contributed by atoms with Gasteiger partial charge in [0.1, 0.15) is 17.5 Å². The van der Waals surface area contributed by atoms with E-state index in [0.717, 1.165) is 11.3 Å². The van der Waals surface area contributed by atoms with Crippen LogP contribution in [0.3, 0.4) is 0 Å². The van der Waals surface area contributed by atoms with Crippen LogP contribution in [0.4, 0.5) is 0 Å². The number of rotatable bonds is 9. The molecule has 0 fully saturated rings. The fraction of sp³-hybridized carbons (Fsp3) is 0.250. The maximum Gasteiger partial charge on any atom is 0.325 e. The van der Waals surface area contributed by atoms with Gasteiger partial charge in [0.2, 0.25) is 11.8 Å². The van der Waals surface area contributed by atoms with Gasteiger partial charge in [0.15, 0.2) is 0 Å². The van der Waals surface area contributed by atoms with Crippen molar-refractivity contribution >= 4 is 17.8 Å². The van der Waals surface area contributed by atoms with Crippen LogP contribution in [0.25, 0.3) is 0 Å². The molecule has 8 heteroatoms. The van der Waals surface area contributed by atoms with E-state index < -0.39 is 29.9 Å². The van der Waals surface area contributed by atoms with Crippen molar-refractivity contribution in [3.8, 4) is 11.5 Å². The van der Waals surface area contributed by atoms with E-state index in [-0.39, 0.29) is 13.0 Å². The van der Waals surface area contributed by atoms with Gasteiger partial charge in [0.05, 0.1) is 12.5 Å². The second-order valence-electron chi connectivity index (χ2n) is 6.21. The SMILES string of the molecule is C[C@@H](NC(=O)C(N)CC(=O)NCc1ccc(Oc2ccccc2)cc1)C(=O)O. The van der Waals surface area contributed by atoms with E-state index in [0.29, 0.717) is 5.75 Å². The molecule has 0 bridgehead atoms. The van der Waals surface area contributed by atoms with Gasteiger partial charge < -0.3 is 26.2 Å². The van der Waals surface area contributed by atoms with Gasteiger partial charge in [-0.25, -0.2) is 0 Å². The Labute approximate surface area is 162 Å². The smallest absolute Gasteiger partial charge is 0.325 e. The zero-order valence-electron chi connectivity index (χ0n) is 15.4. The molecule has 8 nitrogen and oxygen atoms in total. The van der Waals surface area contributed by atoms with E-state index >= 15 is 0 Å². The summed E-state index contributed by atoms with van der Waals surface area (Å²) >= 11 is 0. The summed E-state index contributed by atoms with van der Waals surface area (Å²) in [7, 11) is 0. The minimum atomic E-state index is -1.18. The van der Waals surface area contributed by atoms with E-state index in [4.69, 9.17) is 15.6 Å². The Morgan fingerprint density at radius 1 is 1.04 bits per heavy atom. The number of nitrogens with two attached hydrogens (primary N) is 1. The monoisotopic (exact) mass is 385 g/mol. The summed E-state index contributed by atoms with van der Waals surface area (Å²) in [5.41, 5.74) is 6.50. The molecular weight excluding hydrogens is 362 g/mol. The molecule has 0 aliphatic carbocycles. The van der Waals surface area contributed by atoms with Crippen LogP contribution in [-0.4, -0.2) is 35.0 Å². The van der Waals surface area contributed by atoms with Crippen LogP contribution in [-0.2, 0) is 20.9 Å². The first-order chi connectivity index (χ1) is 13.3. The van der Waals surface area contributed by atoms with Gasteiger partial charge in [-0.2, -0.15) is 0 Å². The minimum absolute atomic E-state index is 0.243. The lowest BCUT2D eigenvalue weighted by Crippen LogP contribution is -2.48. The van der Waals surface area contributed by atoms with Gasteiger partial charge in [0, 0.05) is 6.54 Å². The lowest BCUT2D eigenvalue weighted by Gasteiger charge is -2.14. The normalized spacial score (nSPS) is 12.5. The highest BCUT2D eigenvalue weighted by molar-refractivity contribution is 5.90. The number of carboxylic acid groups (broad SMARTS) is 1. The van der Waals surface area contributed by atoms with Crippen molar-refractivity contribution in [2.45, 2.75) is 32.0 Å². The highest BCUT2D eigenvalue weighted by atomic mass is 16.5. The molecule has 1 unspecified atom stereocenters. The molecular formula is C20H23N3O5. The number of carbonyl (C=O) groups excluding carboxylic acids is 2. The van der Waals surface area contributed by atoms with Crippen molar-refractivity contribution in [1.82, 2.24) is 10.6 Å². The van der Waals surface area contributed by atoms with E-state index in [9.17, 15) is 14.4 Å². The Kier molecular flexibility index (Phi) is 7.53. The van der Waals surface area contributed by atoms with E-state index in [1.165, 1.54) is 6.92 Å². The first-order valence-corrected chi connectivity index (χ1v) is 8.72. The quantitative estimate of drug-likeness (QED) is 0.516. The summed E-state index contributed by atoms with van der Waals surface area (Å²) in [6.07, 6.45) is -0.243. The number of hydrogen-bond donors (Lipinski definition) is 4. The molecule has 2 rings (SSSR count). The number of benzene rings is 2. The fourth-order valence-electron chi connectivity index (χ4n) is 2.25. The van der Waals surface area contributed by atoms with Crippen molar-refractivity contribution < 1.29 is 24.2 Å². The Balaban J connectivity index is 1.77. The summed E-state index contributed by atoms with van der Waals surface area (Å²) < 4.78 is 5.70. The zero-order chi connectivity index (χ0) is 20.5. The second kappa shape index (κ2) is 10.1. The molecule has 5 N–H and O–H groups in total. The summed E-state index contributed by atoms with van der Waals surface area (Å²) in [5.74, 6) is -0.868. The molecule has 148 valence electrons. The van der Waals surface area contributed by atoms with Crippen LogP contribution in [0, 0.1) is 0 Å². The number of ether oxygens (including phenoxy) is 1. The molecule has 0 aromatic heterocycles. The lowest BCUT2D eigenvalue weighted by molar-refractivity contribution is -0.141. The maximum absolute atomic E-state index is 11.9. The van der Waals surface area contributed by atoms with Crippen LogP contribution >= 0.6 is 0 Å². The molecule has 0 aliphatic heterocycles. The van der Waals surface area contributed by atoms with Gasteiger partial charge in [0.25, 0.3) is 0 Å². The number of para-hydroxylation sites is 1. The molecule has 0 aliphatic rings. The van der Waals surface area contributed by atoms with Crippen molar-refractivity contribution in [3.63, 3.8) is 0 Å². The number of amides is 2. The van der Waals surface area contributed by atoms with E-state index in [1.54, 1.807) is 12.1 Å². The molecule has 0 saturated carbocycles. The summed E-state index contributed by atoms with van der Waals surface area (Å²) in [4.78, 5) is 34.4. The van der Waals surface area contributed by atoms with Gasteiger partial charge in [-0.1, -0.05) is 30.3 Å². The number of nitrogens with one attached hydrogen (secondary N) is 2. The average molecular weight is 385 g/mol. The minimum Gasteiger partial charge on any atom is -0.480 e. The van der Waals surface area contributed by atoms with E-state index in [1.807, 2.05) is 42.5 Å². The first kappa shape index (κ1) is 20.9. The van der Waals surface area contributed by atoms with Crippen LogP contribution in [0.2, 0.25) is 0 Å². The molecule has 2 atom stereocenters. The second-order valence-corrected chi connectivity index (χ2v) is 6.21. The molecule has 2 amide bonds. The Morgan fingerprint density at radius 2 is 1.64 bits per heavy atom. The van der Waals surface area contributed by atoms with Crippen LogP contribution in [0.5, 0.6) is 11.5 Å². The molecule has 28 heavy (non-hydrogen) atoms. The topological polar surface area (TPSA) is 131 Å². The number of carbonyl (C=O) groups is 3. The van der Waals surface area contributed by atoms with Crippen molar-refractivity contribution in [1.29, 1.82) is 0 Å². The third-order valence-electron chi connectivity index (χ3n) is 3.86. The van der Waals surface area contributed by atoms with Crippen LogP contribution in [0.15, 0.2) is 54.6 Å². The third-order valence-corrected chi connectivity index (χ3v) is 3.86. The molecule has 2 aromatic rings. The highest BCUT2D eigenvalue weighted by Gasteiger charge is 2.21. The Hall–Kier alpha value is -3.39. The highest BCUT2D eigenvalue weighted by Crippen LogP contribution is 2.21. The molecule has 0 saturated heterocycles. The predicted octanol–water partition coefficient (Wildman–Crippen LogP) is 1.40. The van der Waals surface area contributed by atoms with Gasteiger partial charge in [-0.3, -0.25) is 14.4 Å². The molecule has 0 radical (unpaired) electrons. The van der Waals surface area contributed by atoms with Gasteiger partial charge >= 0.3 is 5.97 Å². The standard InChI is InChI=1S/C20H23N3O5/c1-13(20(26)27)23-19(25)17(21)11-18(24)22-12-14-7-9-16(10-8-14)28-15-5-3-2-4-6-15/h2-10,13,17H,11-12,21H2,1H3,(H,22,24)(H,23,25)(H,26,27)/t13-,17?/m1/s1. The van der Waals surface area contributed by atoms with Crippen LogP contribution < -0.4 is 21.1 Å². The van der Waals surface area contributed by atoms with E-state index in [2.05, 4.69) is 10.6 Å². The first-order valence-electron chi connectivity index (χ1n) is 8.72. The number of hydrogen-bond acceptors (Lipinski definition) is 5. The zero-order valence-corrected chi connectivity index (χ0v) is 15.4. The maximum atomic E-state index is 11.9. The average Bonchev–Trinajstić information content (AvgIpc) is 2.68. The lowest BCUT2D eigenvalue weighted by atomic mass is 10.1. The Bertz CT molecular complexity index is 808. The molecule has 2 aromatic carbocycles.